The molecule has 34 heavy (non-hydrogen) atoms. The van der Waals surface area contributed by atoms with Gasteiger partial charge in [-0.25, -0.2) is 0 Å². The Morgan fingerprint density at radius 1 is 1.00 bits per heavy atom. The van der Waals surface area contributed by atoms with Crippen LogP contribution in [0.2, 0.25) is 0 Å². The number of benzene rings is 2. The Hall–Kier alpha value is -2.19. The monoisotopic (exact) mass is 469 g/mol. The quantitative estimate of drug-likeness (QED) is 0.513. The molecular formula is C26H28N3NaO4. The summed E-state index contributed by atoms with van der Waals surface area (Å²) in [5.41, 5.74) is 4.05. The number of nitrogens with zero attached hydrogens (tertiary/aromatic N) is 2. The molecule has 0 spiro atoms. The third-order valence-electron chi connectivity index (χ3n) is 7.58. The number of carboxylic acid groups (broad SMARTS) is 1. The number of hydrogen-bond acceptors (Lipinski definition) is 6. The van der Waals surface area contributed by atoms with E-state index in [1.54, 1.807) is 0 Å². The Balaban J connectivity index is 0.00000144. The summed E-state index contributed by atoms with van der Waals surface area (Å²) in [5, 5.41) is 20.6. The Labute approximate surface area is 222 Å². The number of carbonyl (C=O) groups is 1. The zero-order valence-electron chi connectivity index (χ0n) is 20.4. The summed E-state index contributed by atoms with van der Waals surface area (Å²) in [7, 11) is 0. The first-order valence-electron chi connectivity index (χ1n) is 11.7. The van der Waals surface area contributed by atoms with E-state index in [4.69, 9.17) is 9.15 Å². The fraction of sp³-hybridized carbons (Fsp3) is 0.423. The molecule has 2 N–H and O–H groups in total. The van der Waals surface area contributed by atoms with Gasteiger partial charge in [-0.3, -0.25) is 4.79 Å². The Morgan fingerprint density at radius 3 is 2.21 bits per heavy atom. The molecule has 7 rings (SSSR count). The summed E-state index contributed by atoms with van der Waals surface area (Å²) in [4.78, 5) is 11.2. The van der Waals surface area contributed by atoms with Crippen molar-refractivity contribution in [3.8, 4) is 11.1 Å². The molecule has 0 radical (unpaired) electrons. The van der Waals surface area contributed by atoms with E-state index in [0.717, 1.165) is 61.2 Å². The first-order chi connectivity index (χ1) is 16.0. The van der Waals surface area contributed by atoms with Crippen molar-refractivity contribution in [1.82, 2.24) is 10.2 Å². The maximum atomic E-state index is 11.2. The number of nitrogens with one attached hydrogen (secondary N) is 1. The molecule has 2 bridgehead atoms. The van der Waals surface area contributed by atoms with Crippen LogP contribution in [0.5, 0.6) is 0 Å². The van der Waals surface area contributed by atoms with Gasteiger partial charge in [-0.15, -0.1) is 5.10 Å². The first-order valence-corrected chi connectivity index (χ1v) is 11.7. The van der Waals surface area contributed by atoms with Crippen molar-refractivity contribution >= 4 is 17.7 Å². The molecule has 4 fully saturated rings. The SMILES string of the molecule is O=C(O)CC12CCC(c3ccc(-c4ccc(Nc5nnc(C6CC6)o5)cc4)cc3)(CC1)CO2.[H-].[Na+]. The normalized spacial score (nSPS) is 25.5. The minimum Gasteiger partial charge on any atom is -1.00 e. The second-order valence-corrected chi connectivity index (χ2v) is 9.82. The summed E-state index contributed by atoms with van der Waals surface area (Å²) in [6.07, 6.45) is 5.98. The van der Waals surface area contributed by atoms with Crippen LogP contribution in [0.15, 0.2) is 52.9 Å². The van der Waals surface area contributed by atoms with E-state index in [9.17, 15) is 9.90 Å². The Morgan fingerprint density at radius 2 is 1.65 bits per heavy atom. The minimum atomic E-state index is -0.768. The van der Waals surface area contributed by atoms with Gasteiger partial charge in [-0.05, 0) is 67.3 Å². The van der Waals surface area contributed by atoms with Crippen molar-refractivity contribution < 1.29 is 50.0 Å². The topological polar surface area (TPSA) is 97.5 Å². The zero-order valence-corrected chi connectivity index (χ0v) is 21.4. The van der Waals surface area contributed by atoms with Crippen LogP contribution in [0.3, 0.4) is 0 Å². The van der Waals surface area contributed by atoms with Crippen molar-refractivity contribution in [3.05, 3.63) is 60.0 Å². The number of carboxylic acids is 1. The molecule has 2 saturated carbocycles. The largest absolute Gasteiger partial charge is 1.00 e. The first kappa shape index (κ1) is 23.5. The second kappa shape index (κ2) is 9.11. The van der Waals surface area contributed by atoms with Crippen LogP contribution in [-0.4, -0.2) is 33.5 Å². The van der Waals surface area contributed by atoms with E-state index < -0.39 is 11.6 Å². The van der Waals surface area contributed by atoms with Crippen LogP contribution < -0.4 is 34.9 Å². The van der Waals surface area contributed by atoms with Gasteiger partial charge in [0.15, 0.2) is 0 Å². The van der Waals surface area contributed by atoms with Gasteiger partial charge in [0.05, 0.1) is 18.6 Å². The van der Waals surface area contributed by atoms with Crippen LogP contribution in [0.25, 0.3) is 11.1 Å². The van der Waals surface area contributed by atoms with E-state index in [0.29, 0.717) is 18.5 Å². The molecule has 2 aromatic carbocycles. The molecule has 2 aliphatic carbocycles. The van der Waals surface area contributed by atoms with Gasteiger partial charge in [0, 0.05) is 17.0 Å². The number of fused-ring (bicyclic) bond motifs is 3. The molecule has 3 aromatic rings. The number of aliphatic carboxylic acids is 1. The number of ether oxygens (including phenoxy) is 1. The van der Waals surface area contributed by atoms with Crippen LogP contribution >= 0.6 is 0 Å². The predicted octanol–water partition coefficient (Wildman–Crippen LogP) is 2.53. The molecule has 3 heterocycles. The van der Waals surface area contributed by atoms with E-state index in [2.05, 4.69) is 51.9 Å². The number of aromatic nitrogens is 2. The van der Waals surface area contributed by atoms with E-state index >= 15 is 0 Å². The van der Waals surface area contributed by atoms with Crippen LogP contribution in [0, 0.1) is 0 Å². The van der Waals surface area contributed by atoms with Gasteiger partial charge in [0.1, 0.15) is 0 Å². The maximum Gasteiger partial charge on any atom is 1.00 e. The van der Waals surface area contributed by atoms with Crippen LogP contribution in [0.1, 0.15) is 63.7 Å². The molecule has 172 valence electrons. The maximum absolute atomic E-state index is 11.2. The van der Waals surface area contributed by atoms with Crippen molar-refractivity contribution in [2.75, 3.05) is 11.9 Å². The number of hydrogen-bond donors (Lipinski definition) is 2. The van der Waals surface area contributed by atoms with Crippen LogP contribution in [0.4, 0.5) is 11.7 Å². The van der Waals surface area contributed by atoms with E-state index in [1.165, 1.54) is 5.56 Å². The number of anilines is 2. The van der Waals surface area contributed by atoms with Gasteiger partial charge >= 0.3 is 41.5 Å². The van der Waals surface area contributed by atoms with Crippen molar-refractivity contribution in [3.63, 3.8) is 0 Å². The fourth-order valence-electron chi connectivity index (χ4n) is 5.31. The molecule has 2 saturated heterocycles. The molecule has 0 unspecified atom stereocenters. The molecule has 2 aliphatic heterocycles. The molecule has 7 nitrogen and oxygen atoms in total. The van der Waals surface area contributed by atoms with Crippen molar-refractivity contribution in [2.45, 2.75) is 61.9 Å². The Kier molecular flexibility index (Phi) is 6.31. The molecular weight excluding hydrogens is 441 g/mol. The third-order valence-corrected chi connectivity index (χ3v) is 7.58. The smallest absolute Gasteiger partial charge is 1.00 e. The zero-order chi connectivity index (χ0) is 22.5. The fourth-order valence-corrected chi connectivity index (χ4v) is 5.31. The van der Waals surface area contributed by atoms with E-state index in [-0.39, 0.29) is 42.8 Å². The van der Waals surface area contributed by atoms with E-state index in [1.807, 2.05) is 12.1 Å². The van der Waals surface area contributed by atoms with Crippen molar-refractivity contribution in [2.24, 2.45) is 0 Å². The molecule has 0 atom stereocenters. The minimum absolute atomic E-state index is 0. The van der Waals surface area contributed by atoms with Crippen molar-refractivity contribution in [1.29, 1.82) is 0 Å². The molecule has 8 heteroatoms. The standard InChI is InChI=1S/C26H27N3O4.Na.H/c30-22(31)15-26-13-11-25(12-14-26,16-32-26)20-7-3-17(4-8-20)18-5-9-21(10-6-18)27-24-29-28-23(33-24)19-1-2-19;;/h3-10,19H,1-2,11-16H2,(H,27,29)(H,30,31);;/q;+1;-1. The summed E-state index contributed by atoms with van der Waals surface area (Å²) < 4.78 is 11.8. The molecule has 4 aliphatic rings. The average molecular weight is 470 g/mol. The summed E-state index contributed by atoms with van der Waals surface area (Å²) in [6, 6.07) is 17.4. The van der Waals surface area contributed by atoms with Crippen LogP contribution in [-0.2, 0) is 14.9 Å². The summed E-state index contributed by atoms with van der Waals surface area (Å²) >= 11 is 0. The van der Waals surface area contributed by atoms with Gasteiger partial charge < -0.3 is 21.0 Å². The average Bonchev–Trinajstić information content (AvgIpc) is 3.59. The van der Waals surface area contributed by atoms with Gasteiger partial charge in [-0.2, -0.15) is 0 Å². The second-order valence-electron chi connectivity index (χ2n) is 9.82. The van der Waals surface area contributed by atoms with Gasteiger partial charge in [-0.1, -0.05) is 41.5 Å². The summed E-state index contributed by atoms with van der Waals surface area (Å²) in [6.45, 7) is 0.609. The third kappa shape index (κ3) is 4.54. The van der Waals surface area contributed by atoms with Gasteiger partial charge in [0.2, 0.25) is 5.89 Å². The Bertz CT molecular complexity index is 1150. The predicted molar refractivity (Wildman–Crippen MR) is 124 cm³/mol. The number of rotatable bonds is 7. The molecule has 1 aromatic heterocycles. The summed E-state index contributed by atoms with van der Waals surface area (Å²) in [5.74, 6) is 0.400. The van der Waals surface area contributed by atoms with Gasteiger partial charge in [0.25, 0.3) is 0 Å². The molecule has 0 amide bonds.